The van der Waals surface area contributed by atoms with E-state index in [0.717, 1.165) is 74.6 Å². The molecule has 0 saturated heterocycles. The van der Waals surface area contributed by atoms with Crippen LogP contribution >= 0.6 is 31.9 Å². The van der Waals surface area contributed by atoms with Crippen LogP contribution in [0.25, 0.3) is 32.3 Å². The van der Waals surface area contributed by atoms with E-state index < -0.39 is 11.2 Å². The lowest BCUT2D eigenvalue weighted by molar-refractivity contribution is 0.127. The van der Waals surface area contributed by atoms with Crippen molar-refractivity contribution in [3.63, 3.8) is 0 Å². The van der Waals surface area contributed by atoms with Gasteiger partial charge in [-0.25, -0.2) is 0 Å². The molecule has 8 aromatic carbocycles. The Hall–Kier alpha value is -4.32. The first-order valence-corrected chi connectivity index (χ1v) is 16.8. The summed E-state index contributed by atoms with van der Waals surface area (Å²) in [5.74, 6) is 0. The molecule has 0 atom stereocenters. The predicted molar refractivity (Wildman–Crippen MR) is 196 cm³/mol. The first kappa shape index (κ1) is 29.1. The van der Waals surface area contributed by atoms with E-state index in [1.165, 1.54) is 0 Å². The molecule has 0 bridgehead atoms. The Morgan fingerprint density at radius 3 is 0.891 bits per heavy atom. The van der Waals surface area contributed by atoms with Gasteiger partial charge in [-0.2, -0.15) is 0 Å². The standard InChI is InChI=1S/C42H28Br2O2/c43-37-25-35(41(45,27-13-5-1-6-14-27)28-15-7-2-8-16-28)31-21-23-34-38(44)26-36(32-22-24-33(37)39(31)40(32)34)42(46,29-17-9-3-10-18-29)30-19-11-4-12-20-30/h1-26,45-46H. The maximum absolute atomic E-state index is 12.9. The Balaban J connectivity index is 1.51. The lowest BCUT2D eigenvalue weighted by Gasteiger charge is -2.33. The van der Waals surface area contributed by atoms with Crippen LogP contribution in [0.1, 0.15) is 33.4 Å². The van der Waals surface area contributed by atoms with Crippen molar-refractivity contribution in [1.29, 1.82) is 0 Å². The fraction of sp³-hybridized carbons (Fsp3) is 0.0476. The number of aliphatic hydroxyl groups is 2. The zero-order chi connectivity index (χ0) is 31.5. The van der Waals surface area contributed by atoms with E-state index in [0.29, 0.717) is 0 Å². The molecule has 0 aliphatic rings. The van der Waals surface area contributed by atoms with Crippen LogP contribution in [0.4, 0.5) is 0 Å². The molecule has 0 heterocycles. The van der Waals surface area contributed by atoms with Crippen molar-refractivity contribution in [2.45, 2.75) is 11.2 Å². The van der Waals surface area contributed by atoms with Gasteiger partial charge in [0.15, 0.2) is 0 Å². The van der Waals surface area contributed by atoms with Crippen LogP contribution in [0.5, 0.6) is 0 Å². The summed E-state index contributed by atoms with van der Waals surface area (Å²) in [6.45, 7) is 0. The number of hydrogen-bond acceptors (Lipinski definition) is 2. The molecule has 0 unspecified atom stereocenters. The highest BCUT2D eigenvalue weighted by Crippen LogP contribution is 2.50. The average molecular weight is 724 g/mol. The number of rotatable bonds is 6. The molecular formula is C42H28Br2O2. The highest BCUT2D eigenvalue weighted by Gasteiger charge is 2.38. The van der Waals surface area contributed by atoms with Gasteiger partial charge >= 0.3 is 0 Å². The smallest absolute Gasteiger partial charge is 0.141 e. The highest BCUT2D eigenvalue weighted by atomic mass is 79.9. The highest BCUT2D eigenvalue weighted by molar-refractivity contribution is 9.11. The number of benzene rings is 8. The first-order chi connectivity index (χ1) is 22.4. The van der Waals surface area contributed by atoms with Gasteiger partial charge < -0.3 is 10.2 Å². The van der Waals surface area contributed by atoms with Gasteiger partial charge in [-0.3, -0.25) is 0 Å². The van der Waals surface area contributed by atoms with Crippen molar-refractivity contribution in [1.82, 2.24) is 0 Å². The van der Waals surface area contributed by atoms with E-state index in [4.69, 9.17) is 0 Å². The summed E-state index contributed by atoms with van der Waals surface area (Å²) in [5, 5.41) is 31.9. The molecule has 222 valence electrons. The van der Waals surface area contributed by atoms with E-state index >= 15 is 0 Å². The molecule has 0 aliphatic carbocycles. The van der Waals surface area contributed by atoms with Gasteiger partial charge in [0.2, 0.25) is 0 Å². The quantitative estimate of drug-likeness (QED) is 0.132. The fourth-order valence-corrected chi connectivity index (χ4v) is 8.30. The lowest BCUT2D eigenvalue weighted by atomic mass is 9.75. The zero-order valence-corrected chi connectivity index (χ0v) is 27.8. The molecule has 0 aromatic heterocycles. The van der Waals surface area contributed by atoms with E-state index in [-0.39, 0.29) is 0 Å². The number of hydrogen-bond donors (Lipinski definition) is 2. The molecule has 8 aromatic rings. The summed E-state index contributed by atoms with van der Waals surface area (Å²) in [4.78, 5) is 0. The minimum absolute atomic E-state index is 0.779. The largest absolute Gasteiger partial charge is 0.376 e. The molecular weight excluding hydrogens is 696 g/mol. The maximum Gasteiger partial charge on any atom is 0.141 e. The molecule has 2 N–H and O–H groups in total. The molecule has 2 nitrogen and oxygen atoms in total. The number of halogens is 2. The Bertz CT molecular complexity index is 2090. The molecule has 0 aliphatic heterocycles. The van der Waals surface area contributed by atoms with Crippen molar-refractivity contribution in [2.75, 3.05) is 0 Å². The van der Waals surface area contributed by atoms with Gasteiger partial charge in [-0.05, 0) is 66.7 Å². The third-order valence-electron chi connectivity index (χ3n) is 9.34. The normalized spacial score (nSPS) is 12.3. The van der Waals surface area contributed by atoms with Crippen LogP contribution in [0, 0.1) is 0 Å². The summed E-state index contributed by atoms with van der Waals surface area (Å²) < 4.78 is 1.77. The van der Waals surface area contributed by atoms with Crippen molar-refractivity contribution in [3.8, 4) is 0 Å². The molecule has 0 spiro atoms. The summed E-state index contributed by atoms with van der Waals surface area (Å²) >= 11 is 7.82. The average Bonchev–Trinajstić information content (AvgIpc) is 3.12. The van der Waals surface area contributed by atoms with E-state index in [9.17, 15) is 10.2 Å². The van der Waals surface area contributed by atoms with Gasteiger partial charge in [0.25, 0.3) is 0 Å². The fourth-order valence-electron chi connectivity index (χ4n) is 7.18. The lowest BCUT2D eigenvalue weighted by Crippen LogP contribution is -2.29. The maximum atomic E-state index is 12.9. The third kappa shape index (κ3) is 4.29. The minimum Gasteiger partial charge on any atom is -0.376 e. The van der Waals surface area contributed by atoms with Crippen LogP contribution in [-0.4, -0.2) is 10.2 Å². The molecule has 4 heteroatoms. The molecule has 0 fully saturated rings. The van der Waals surface area contributed by atoms with Gasteiger partial charge in [-0.15, -0.1) is 0 Å². The molecule has 0 saturated carbocycles. The van der Waals surface area contributed by atoms with Crippen LogP contribution < -0.4 is 0 Å². The second kappa shape index (κ2) is 11.2. The molecule has 46 heavy (non-hydrogen) atoms. The summed E-state index contributed by atoms with van der Waals surface area (Å²) in [7, 11) is 0. The van der Waals surface area contributed by atoms with E-state index in [1.807, 2.05) is 121 Å². The minimum atomic E-state index is -1.43. The molecule has 8 rings (SSSR count). The molecule has 0 radical (unpaired) electrons. The second-order valence-electron chi connectivity index (χ2n) is 11.8. The SMILES string of the molecule is OC(c1ccccc1)(c1ccccc1)c1cc(Br)c2ccc3c(C(O)(c4ccccc4)c4ccccc4)cc(Br)c4ccc1c2c43. The molecule has 0 amide bonds. The Labute approximate surface area is 284 Å². The van der Waals surface area contributed by atoms with Crippen LogP contribution in [0.2, 0.25) is 0 Å². The van der Waals surface area contributed by atoms with E-state index in [2.05, 4.69) is 68.3 Å². The van der Waals surface area contributed by atoms with Crippen molar-refractivity contribution in [3.05, 3.63) is 200 Å². The summed E-state index contributed by atoms with van der Waals surface area (Å²) in [6, 6.07) is 52.0. The van der Waals surface area contributed by atoms with Crippen molar-refractivity contribution in [2.24, 2.45) is 0 Å². The summed E-state index contributed by atoms with van der Waals surface area (Å²) in [5.41, 5.74) is 1.84. The zero-order valence-electron chi connectivity index (χ0n) is 24.7. The monoisotopic (exact) mass is 722 g/mol. The Kier molecular flexibility index (Phi) is 7.08. The third-order valence-corrected chi connectivity index (χ3v) is 10.7. The first-order valence-electron chi connectivity index (χ1n) is 15.2. The summed E-state index contributed by atoms with van der Waals surface area (Å²) in [6.07, 6.45) is 0. The Morgan fingerprint density at radius 2 is 0.609 bits per heavy atom. The van der Waals surface area contributed by atoms with Gasteiger partial charge in [0, 0.05) is 20.1 Å². The van der Waals surface area contributed by atoms with Crippen LogP contribution in [-0.2, 0) is 11.2 Å². The topological polar surface area (TPSA) is 40.5 Å². The second-order valence-corrected chi connectivity index (χ2v) is 13.5. The van der Waals surface area contributed by atoms with Crippen molar-refractivity contribution >= 4 is 64.2 Å². The van der Waals surface area contributed by atoms with E-state index in [1.54, 1.807) is 0 Å². The van der Waals surface area contributed by atoms with Crippen LogP contribution in [0.3, 0.4) is 0 Å². The van der Waals surface area contributed by atoms with Gasteiger partial charge in [-0.1, -0.05) is 177 Å². The van der Waals surface area contributed by atoms with Crippen molar-refractivity contribution < 1.29 is 10.2 Å². The Morgan fingerprint density at radius 1 is 0.348 bits per heavy atom. The van der Waals surface area contributed by atoms with Crippen LogP contribution in [0.15, 0.2) is 167 Å². The van der Waals surface area contributed by atoms with Gasteiger partial charge in [0.05, 0.1) is 0 Å². The van der Waals surface area contributed by atoms with Gasteiger partial charge in [0.1, 0.15) is 11.2 Å². The predicted octanol–water partition coefficient (Wildman–Crippen LogP) is 10.7.